The Morgan fingerprint density at radius 2 is 1.85 bits per heavy atom. The van der Waals surface area contributed by atoms with Crippen LogP contribution >= 0.6 is 0 Å². The third-order valence-electron chi connectivity index (χ3n) is 2.43. The molecule has 0 atom stereocenters. The van der Waals surface area contributed by atoms with Crippen molar-refractivity contribution in [3.05, 3.63) is 30.1 Å². The summed E-state index contributed by atoms with van der Waals surface area (Å²) in [7, 11) is 0. The van der Waals surface area contributed by atoms with Gasteiger partial charge in [0.15, 0.2) is 11.6 Å². The van der Waals surface area contributed by atoms with E-state index < -0.39 is 0 Å². The van der Waals surface area contributed by atoms with Gasteiger partial charge in [-0.05, 0) is 37.8 Å². The monoisotopic (exact) mass is 180 g/mol. The Bertz CT molecular complexity index is 279. The van der Waals surface area contributed by atoms with Crippen molar-refractivity contribution in [2.45, 2.75) is 31.8 Å². The van der Waals surface area contributed by atoms with Crippen LogP contribution in [0, 0.1) is 5.82 Å². The molecule has 0 aromatic heterocycles. The minimum atomic E-state index is -0.255. The number of hydrogen-bond donors (Lipinski definition) is 0. The first kappa shape index (κ1) is 8.54. The molecule has 0 aliphatic heterocycles. The number of benzene rings is 1. The van der Waals surface area contributed by atoms with Gasteiger partial charge in [0.25, 0.3) is 0 Å². The van der Waals surface area contributed by atoms with Crippen molar-refractivity contribution in [2.75, 3.05) is 0 Å². The molecule has 1 aromatic rings. The molecule has 13 heavy (non-hydrogen) atoms. The van der Waals surface area contributed by atoms with E-state index in [1.54, 1.807) is 18.2 Å². The van der Waals surface area contributed by atoms with Crippen LogP contribution in [-0.4, -0.2) is 6.10 Å². The lowest BCUT2D eigenvalue weighted by Crippen LogP contribution is -2.11. The van der Waals surface area contributed by atoms with Gasteiger partial charge in [-0.15, -0.1) is 0 Å². The van der Waals surface area contributed by atoms with Gasteiger partial charge in [0.2, 0.25) is 0 Å². The highest BCUT2D eigenvalue weighted by Gasteiger charge is 2.17. The Hall–Kier alpha value is -1.05. The Labute approximate surface area is 77.5 Å². The smallest absolute Gasteiger partial charge is 0.165 e. The van der Waals surface area contributed by atoms with E-state index in [9.17, 15) is 4.39 Å². The summed E-state index contributed by atoms with van der Waals surface area (Å²) in [6.45, 7) is 0. The van der Waals surface area contributed by atoms with Gasteiger partial charge in [-0.1, -0.05) is 12.1 Å². The van der Waals surface area contributed by atoms with Crippen molar-refractivity contribution >= 4 is 0 Å². The molecule has 0 spiro atoms. The molecule has 1 saturated carbocycles. The number of rotatable bonds is 2. The van der Waals surface area contributed by atoms with Crippen molar-refractivity contribution in [2.24, 2.45) is 0 Å². The van der Waals surface area contributed by atoms with Crippen molar-refractivity contribution in [1.82, 2.24) is 0 Å². The van der Waals surface area contributed by atoms with Crippen LogP contribution in [0.25, 0.3) is 0 Å². The van der Waals surface area contributed by atoms with Crippen LogP contribution in [0.15, 0.2) is 24.3 Å². The molecule has 0 amide bonds. The maximum atomic E-state index is 13.1. The summed E-state index contributed by atoms with van der Waals surface area (Å²) >= 11 is 0. The molecule has 1 aliphatic carbocycles. The molecule has 0 bridgehead atoms. The molecule has 1 aliphatic rings. The maximum Gasteiger partial charge on any atom is 0.165 e. The average molecular weight is 180 g/mol. The Morgan fingerprint density at radius 3 is 2.54 bits per heavy atom. The van der Waals surface area contributed by atoms with Gasteiger partial charge >= 0.3 is 0 Å². The minimum Gasteiger partial charge on any atom is -0.487 e. The zero-order chi connectivity index (χ0) is 9.10. The van der Waals surface area contributed by atoms with Crippen LogP contribution in [0.3, 0.4) is 0 Å². The summed E-state index contributed by atoms with van der Waals surface area (Å²) < 4.78 is 18.6. The summed E-state index contributed by atoms with van der Waals surface area (Å²) in [6.07, 6.45) is 4.78. The summed E-state index contributed by atoms with van der Waals surface area (Å²) in [5, 5.41) is 0. The standard InChI is InChI=1S/C11H13FO/c12-10-7-3-4-8-11(10)13-9-5-1-2-6-9/h3-4,7-9H,1-2,5-6H2. The van der Waals surface area contributed by atoms with Gasteiger partial charge in [0, 0.05) is 0 Å². The highest BCUT2D eigenvalue weighted by atomic mass is 19.1. The fourth-order valence-electron chi connectivity index (χ4n) is 1.73. The van der Waals surface area contributed by atoms with E-state index in [1.165, 1.54) is 18.9 Å². The largest absolute Gasteiger partial charge is 0.487 e. The number of para-hydroxylation sites is 1. The highest BCUT2D eigenvalue weighted by molar-refractivity contribution is 5.23. The molecule has 1 fully saturated rings. The zero-order valence-corrected chi connectivity index (χ0v) is 7.50. The van der Waals surface area contributed by atoms with Crippen molar-refractivity contribution in [3.8, 4) is 5.75 Å². The first-order valence-electron chi connectivity index (χ1n) is 4.77. The van der Waals surface area contributed by atoms with Crippen LogP contribution < -0.4 is 4.74 Å². The molecule has 0 N–H and O–H groups in total. The van der Waals surface area contributed by atoms with Crippen LogP contribution in [0.5, 0.6) is 5.75 Å². The second-order valence-corrected chi connectivity index (χ2v) is 3.45. The van der Waals surface area contributed by atoms with Gasteiger partial charge in [-0.3, -0.25) is 0 Å². The lowest BCUT2D eigenvalue weighted by molar-refractivity contribution is 0.201. The van der Waals surface area contributed by atoms with E-state index in [1.807, 2.05) is 0 Å². The molecular formula is C11H13FO. The van der Waals surface area contributed by atoms with E-state index >= 15 is 0 Å². The first-order valence-corrected chi connectivity index (χ1v) is 4.77. The normalized spacial score (nSPS) is 17.6. The number of ether oxygens (including phenoxy) is 1. The number of hydrogen-bond acceptors (Lipinski definition) is 1. The topological polar surface area (TPSA) is 9.23 Å². The van der Waals surface area contributed by atoms with Crippen LogP contribution in [0.4, 0.5) is 4.39 Å². The van der Waals surface area contributed by atoms with Crippen molar-refractivity contribution < 1.29 is 9.13 Å². The van der Waals surface area contributed by atoms with E-state index in [0.717, 1.165) is 12.8 Å². The molecular weight excluding hydrogens is 167 g/mol. The molecule has 0 radical (unpaired) electrons. The van der Waals surface area contributed by atoms with Gasteiger partial charge in [-0.25, -0.2) is 4.39 Å². The summed E-state index contributed by atoms with van der Waals surface area (Å²) in [5.41, 5.74) is 0. The lowest BCUT2D eigenvalue weighted by atomic mass is 10.3. The molecule has 70 valence electrons. The quantitative estimate of drug-likeness (QED) is 0.679. The molecule has 0 heterocycles. The first-order chi connectivity index (χ1) is 6.36. The second-order valence-electron chi connectivity index (χ2n) is 3.45. The van der Waals surface area contributed by atoms with Gasteiger partial charge in [0.05, 0.1) is 6.10 Å². The Kier molecular flexibility index (Phi) is 2.48. The predicted octanol–water partition coefficient (Wildman–Crippen LogP) is 3.15. The maximum absolute atomic E-state index is 13.1. The molecule has 1 nitrogen and oxygen atoms in total. The predicted molar refractivity (Wildman–Crippen MR) is 49.3 cm³/mol. The van der Waals surface area contributed by atoms with Crippen LogP contribution in [0.2, 0.25) is 0 Å². The molecule has 2 heteroatoms. The Balaban J connectivity index is 2.04. The highest BCUT2D eigenvalue weighted by Crippen LogP contribution is 2.25. The lowest BCUT2D eigenvalue weighted by Gasteiger charge is -2.12. The SMILES string of the molecule is Fc1ccccc1OC1CCCC1. The van der Waals surface area contributed by atoms with Crippen molar-refractivity contribution in [3.63, 3.8) is 0 Å². The number of halogens is 1. The minimum absolute atomic E-state index is 0.233. The molecule has 0 unspecified atom stereocenters. The van der Waals surface area contributed by atoms with E-state index in [-0.39, 0.29) is 11.9 Å². The van der Waals surface area contributed by atoms with E-state index in [2.05, 4.69) is 0 Å². The zero-order valence-electron chi connectivity index (χ0n) is 7.50. The second kappa shape index (κ2) is 3.77. The molecule has 2 rings (SSSR count). The molecule has 0 saturated heterocycles. The third-order valence-corrected chi connectivity index (χ3v) is 2.43. The fraction of sp³-hybridized carbons (Fsp3) is 0.455. The summed E-state index contributed by atoms with van der Waals surface area (Å²) in [4.78, 5) is 0. The van der Waals surface area contributed by atoms with Gasteiger partial charge in [-0.2, -0.15) is 0 Å². The van der Waals surface area contributed by atoms with Gasteiger partial charge in [0.1, 0.15) is 0 Å². The average Bonchev–Trinajstić information content (AvgIpc) is 2.61. The fourth-order valence-corrected chi connectivity index (χ4v) is 1.73. The van der Waals surface area contributed by atoms with Gasteiger partial charge < -0.3 is 4.74 Å². The summed E-state index contributed by atoms with van der Waals surface area (Å²) in [5.74, 6) is 0.142. The Morgan fingerprint density at radius 1 is 1.15 bits per heavy atom. The van der Waals surface area contributed by atoms with Crippen LogP contribution in [-0.2, 0) is 0 Å². The molecule has 1 aromatic carbocycles. The van der Waals surface area contributed by atoms with E-state index in [4.69, 9.17) is 4.74 Å². The van der Waals surface area contributed by atoms with Crippen LogP contribution in [0.1, 0.15) is 25.7 Å². The third kappa shape index (κ3) is 2.00. The van der Waals surface area contributed by atoms with E-state index in [0.29, 0.717) is 5.75 Å². The summed E-state index contributed by atoms with van der Waals surface area (Å²) in [6, 6.07) is 6.60. The van der Waals surface area contributed by atoms with Crippen molar-refractivity contribution in [1.29, 1.82) is 0 Å².